The van der Waals surface area contributed by atoms with Crippen molar-refractivity contribution >= 4 is 45.3 Å². The number of amides is 2. The van der Waals surface area contributed by atoms with Gasteiger partial charge in [0, 0.05) is 30.0 Å². The van der Waals surface area contributed by atoms with Crippen molar-refractivity contribution in [2.45, 2.75) is 42.8 Å². The number of hydrogen-bond donors (Lipinski definition) is 2. The van der Waals surface area contributed by atoms with Crippen LogP contribution in [-0.2, 0) is 26.1 Å². The molecule has 1 saturated heterocycles. The molecule has 246 valence electrons. The summed E-state index contributed by atoms with van der Waals surface area (Å²) in [7, 11) is -3.63. The molecule has 4 aromatic rings. The van der Waals surface area contributed by atoms with E-state index < -0.39 is 27.7 Å². The first-order valence-electron chi connectivity index (χ1n) is 14.9. The standard InChI is InChI=1S/C32H33FN6O6S2/c1-2-45-31(42)23-6-12-25(13-7-23)35-29(40)21-46-32-37-36-28(39(32)26-14-10-24(33)11-15-26)20-34-30(41)22-8-16-27(17-9-22)47(43,44)38-18-4-3-5-19-38/h6-17H,2-5,18-21H2,1H3,(H,34,41)(H,35,40). The van der Waals surface area contributed by atoms with Gasteiger partial charge in [-0.05, 0) is 92.6 Å². The smallest absolute Gasteiger partial charge is 0.338 e. The molecule has 0 aliphatic carbocycles. The average molecular weight is 681 g/mol. The van der Waals surface area contributed by atoms with Crippen molar-refractivity contribution < 1.29 is 31.9 Å². The van der Waals surface area contributed by atoms with Gasteiger partial charge in [-0.25, -0.2) is 17.6 Å². The Hall–Kier alpha value is -4.60. The molecule has 5 rings (SSSR count). The average Bonchev–Trinajstić information content (AvgIpc) is 3.50. The predicted octanol–water partition coefficient (Wildman–Crippen LogP) is 4.42. The summed E-state index contributed by atoms with van der Waals surface area (Å²) in [6.07, 6.45) is 2.65. The number of benzene rings is 3. The molecule has 1 fully saturated rings. The molecule has 1 aromatic heterocycles. The third kappa shape index (κ3) is 8.41. The Kier molecular flexibility index (Phi) is 11.0. The number of ether oxygens (including phenoxy) is 1. The number of sulfonamides is 1. The molecule has 1 aliphatic heterocycles. The van der Waals surface area contributed by atoms with E-state index in [2.05, 4.69) is 20.8 Å². The summed E-state index contributed by atoms with van der Waals surface area (Å²) >= 11 is 1.09. The lowest BCUT2D eigenvalue weighted by molar-refractivity contribution is -0.113. The van der Waals surface area contributed by atoms with Crippen molar-refractivity contribution in [2.75, 3.05) is 30.8 Å². The number of rotatable bonds is 12. The molecule has 2 heterocycles. The first kappa shape index (κ1) is 33.8. The van der Waals surface area contributed by atoms with Gasteiger partial charge in [-0.3, -0.25) is 14.2 Å². The molecule has 0 radical (unpaired) electrons. The summed E-state index contributed by atoms with van der Waals surface area (Å²) in [6.45, 7) is 2.88. The molecular formula is C32H33FN6O6S2. The van der Waals surface area contributed by atoms with Crippen LogP contribution < -0.4 is 10.6 Å². The summed E-state index contributed by atoms with van der Waals surface area (Å²) in [5.41, 5.74) is 1.63. The quantitative estimate of drug-likeness (QED) is 0.164. The molecule has 0 saturated carbocycles. The summed E-state index contributed by atoms with van der Waals surface area (Å²) in [6, 6.07) is 17.7. The number of thioether (sulfide) groups is 1. The van der Waals surface area contributed by atoms with E-state index in [4.69, 9.17) is 4.74 Å². The van der Waals surface area contributed by atoms with Crippen LogP contribution in [0.15, 0.2) is 82.8 Å². The molecule has 2 N–H and O–H groups in total. The minimum Gasteiger partial charge on any atom is -0.462 e. The number of aromatic nitrogens is 3. The lowest BCUT2D eigenvalue weighted by Gasteiger charge is -2.25. The summed E-state index contributed by atoms with van der Waals surface area (Å²) in [5, 5.41) is 14.3. The fourth-order valence-electron chi connectivity index (χ4n) is 4.88. The lowest BCUT2D eigenvalue weighted by atomic mass is 10.2. The second kappa shape index (κ2) is 15.3. The second-order valence-electron chi connectivity index (χ2n) is 10.5. The zero-order valence-corrected chi connectivity index (χ0v) is 27.2. The van der Waals surface area contributed by atoms with Crippen molar-refractivity contribution in [3.63, 3.8) is 0 Å². The van der Waals surface area contributed by atoms with Gasteiger partial charge in [0.25, 0.3) is 5.91 Å². The number of carbonyl (C=O) groups excluding carboxylic acids is 3. The minimum atomic E-state index is -3.63. The Labute approximate surface area is 275 Å². The van der Waals surface area contributed by atoms with E-state index in [0.717, 1.165) is 31.0 Å². The Bertz CT molecular complexity index is 1830. The van der Waals surface area contributed by atoms with Crippen molar-refractivity contribution in [3.8, 4) is 5.69 Å². The van der Waals surface area contributed by atoms with Crippen LogP contribution >= 0.6 is 11.8 Å². The Morgan fingerprint density at radius 1 is 0.894 bits per heavy atom. The molecule has 12 nitrogen and oxygen atoms in total. The third-order valence-corrected chi connectivity index (χ3v) is 10.1. The molecule has 1 aliphatic rings. The van der Waals surface area contributed by atoms with E-state index in [9.17, 15) is 27.2 Å². The SMILES string of the molecule is CCOC(=O)c1ccc(NC(=O)CSc2nnc(CNC(=O)c3ccc(S(=O)(=O)N4CCCCC4)cc3)n2-c2ccc(F)cc2)cc1. The van der Waals surface area contributed by atoms with Crippen molar-refractivity contribution in [3.05, 3.63) is 95.6 Å². The summed E-state index contributed by atoms with van der Waals surface area (Å²) in [5.74, 6) is -1.41. The zero-order valence-electron chi connectivity index (χ0n) is 25.5. The number of piperidine rings is 1. The highest BCUT2D eigenvalue weighted by atomic mass is 32.2. The van der Waals surface area contributed by atoms with Crippen molar-refractivity contribution in [1.29, 1.82) is 0 Å². The van der Waals surface area contributed by atoms with Gasteiger partial charge in [0.15, 0.2) is 11.0 Å². The van der Waals surface area contributed by atoms with Gasteiger partial charge in [-0.2, -0.15) is 4.31 Å². The van der Waals surface area contributed by atoms with E-state index in [1.165, 1.54) is 52.8 Å². The van der Waals surface area contributed by atoms with Gasteiger partial charge in [-0.1, -0.05) is 18.2 Å². The van der Waals surface area contributed by atoms with Crippen molar-refractivity contribution in [1.82, 2.24) is 24.4 Å². The van der Waals surface area contributed by atoms with Gasteiger partial charge in [0.1, 0.15) is 5.82 Å². The number of anilines is 1. The van der Waals surface area contributed by atoms with Gasteiger partial charge in [0.05, 0.1) is 29.4 Å². The van der Waals surface area contributed by atoms with Gasteiger partial charge < -0.3 is 15.4 Å². The first-order valence-corrected chi connectivity index (χ1v) is 17.4. The molecule has 15 heteroatoms. The van der Waals surface area contributed by atoms with Gasteiger partial charge in [-0.15, -0.1) is 10.2 Å². The molecule has 2 amide bonds. The largest absolute Gasteiger partial charge is 0.462 e. The van der Waals surface area contributed by atoms with Gasteiger partial charge >= 0.3 is 5.97 Å². The summed E-state index contributed by atoms with van der Waals surface area (Å²) < 4.78 is 47.7. The van der Waals surface area contributed by atoms with E-state index in [1.54, 1.807) is 35.8 Å². The van der Waals surface area contributed by atoms with Crippen LogP contribution in [0.2, 0.25) is 0 Å². The second-order valence-corrected chi connectivity index (χ2v) is 13.4. The molecular weight excluding hydrogens is 648 g/mol. The molecule has 0 unspecified atom stereocenters. The summed E-state index contributed by atoms with van der Waals surface area (Å²) in [4.78, 5) is 37.7. The highest BCUT2D eigenvalue weighted by Gasteiger charge is 2.26. The maximum atomic E-state index is 13.7. The number of halogens is 1. The normalized spacial score (nSPS) is 13.6. The van der Waals surface area contributed by atoms with Crippen LogP contribution in [0.3, 0.4) is 0 Å². The molecule has 47 heavy (non-hydrogen) atoms. The van der Waals surface area contributed by atoms with Crippen LogP contribution in [0.25, 0.3) is 5.69 Å². The number of esters is 1. The predicted molar refractivity (Wildman–Crippen MR) is 173 cm³/mol. The number of nitrogens with one attached hydrogen (secondary N) is 2. The highest BCUT2D eigenvalue weighted by Crippen LogP contribution is 2.24. The number of hydrogen-bond acceptors (Lipinski definition) is 9. The third-order valence-electron chi connectivity index (χ3n) is 7.27. The number of nitrogens with zero attached hydrogens (tertiary/aromatic N) is 4. The molecule has 3 aromatic carbocycles. The van der Waals surface area contributed by atoms with Crippen LogP contribution in [0.5, 0.6) is 0 Å². The van der Waals surface area contributed by atoms with Crippen LogP contribution in [0, 0.1) is 5.82 Å². The van der Waals surface area contributed by atoms with Crippen LogP contribution in [0.4, 0.5) is 10.1 Å². The Balaban J connectivity index is 1.24. The van der Waals surface area contributed by atoms with E-state index >= 15 is 0 Å². The van der Waals surface area contributed by atoms with Crippen LogP contribution in [0.1, 0.15) is 52.7 Å². The highest BCUT2D eigenvalue weighted by molar-refractivity contribution is 7.99. The molecule has 0 spiro atoms. The van der Waals surface area contributed by atoms with E-state index in [-0.39, 0.29) is 35.3 Å². The first-order chi connectivity index (χ1) is 22.7. The molecule has 0 bridgehead atoms. The van der Waals surface area contributed by atoms with Crippen molar-refractivity contribution in [2.24, 2.45) is 0 Å². The fraction of sp³-hybridized carbons (Fsp3) is 0.281. The van der Waals surface area contributed by atoms with E-state index in [1.807, 2.05) is 0 Å². The topological polar surface area (TPSA) is 153 Å². The monoisotopic (exact) mass is 680 g/mol. The fourth-order valence-corrected chi connectivity index (χ4v) is 7.17. The Morgan fingerprint density at radius 2 is 1.55 bits per heavy atom. The lowest BCUT2D eigenvalue weighted by Crippen LogP contribution is -2.35. The Morgan fingerprint density at radius 3 is 2.21 bits per heavy atom. The minimum absolute atomic E-state index is 0.0437. The maximum absolute atomic E-state index is 13.7. The number of carbonyl (C=O) groups is 3. The van der Waals surface area contributed by atoms with Crippen LogP contribution in [-0.4, -0.2) is 70.7 Å². The zero-order chi connectivity index (χ0) is 33.4. The maximum Gasteiger partial charge on any atom is 0.338 e. The van der Waals surface area contributed by atoms with Gasteiger partial charge in [0.2, 0.25) is 15.9 Å². The van der Waals surface area contributed by atoms with E-state index in [0.29, 0.717) is 41.0 Å². The molecule has 0 atom stereocenters.